The van der Waals surface area contributed by atoms with E-state index >= 15 is 0 Å². The highest BCUT2D eigenvalue weighted by atomic mass is 79.9. The maximum Gasteiger partial charge on any atom is 0.287 e. The van der Waals surface area contributed by atoms with Gasteiger partial charge in [-0.15, -0.1) is 0 Å². The van der Waals surface area contributed by atoms with Gasteiger partial charge in [0, 0.05) is 24.5 Å². The summed E-state index contributed by atoms with van der Waals surface area (Å²) >= 11 is 3.29. The Morgan fingerprint density at radius 2 is 2.29 bits per heavy atom. The lowest BCUT2D eigenvalue weighted by atomic mass is 10.3. The largest absolute Gasteiger partial charge is 0.334 e. The quantitative estimate of drug-likeness (QED) is 0.677. The number of aromatic nitrogens is 2. The zero-order valence-corrected chi connectivity index (χ0v) is 12.4. The van der Waals surface area contributed by atoms with Crippen LogP contribution in [0.25, 0.3) is 0 Å². The first-order valence-corrected chi connectivity index (χ1v) is 7.12. The molecule has 0 aliphatic heterocycles. The van der Waals surface area contributed by atoms with Gasteiger partial charge in [0.25, 0.3) is 11.6 Å². The summed E-state index contributed by atoms with van der Waals surface area (Å²) in [5, 5.41) is 13.6. The summed E-state index contributed by atoms with van der Waals surface area (Å²) in [6, 6.07) is 3.14. The minimum absolute atomic E-state index is 0.0687. The summed E-state index contributed by atoms with van der Waals surface area (Å²) in [5.74, 6) is -0.373. The molecule has 1 N–H and O–H groups in total. The van der Waals surface area contributed by atoms with Crippen molar-refractivity contribution in [2.75, 3.05) is 5.32 Å². The average Bonchev–Trinajstić information content (AvgIpc) is 3.19. The van der Waals surface area contributed by atoms with Crippen LogP contribution in [0.2, 0.25) is 0 Å². The normalized spacial score (nSPS) is 14.0. The Hall–Kier alpha value is -2.22. The molecular formula is C13H11BrN4O3. The summed E-state index contributed by atoms with van der Waals surface area (Å²) in [5.41, 5.74) is 0.801. The highest BCUT2D eigenvalue weighted by molar-refractivity contribution is 9.10. The first kappa shape index (κ1) is 13.7. The van der Waals surface area contributed by atoms with E-state index in [2.05, 4.69) is 26.2 Å². The second-order valence-electron chi connectivity index (χ2n) is 4.79. The number of carbonyl (C=O) groups excluding carboxylic acids is 1. The molecule has 0 saturated heterocycles. The molecule has 1 aliphatic carbocycles. The minimum Gasteiger partial charge on any atom is -0.334 e. The lowest BCUT2D eigenvalue weighted by Gasteiger charge is -2.09. The molecule has 2 aromatic rings. The standard InChI is InChI=1S/C13H11BrN4O3/c14-10-6-15-4-3-11(10)16-13(19)12-5-9(18(20)21)7-17(12)8-1-2-8/h3-8H,1-2H2,(H,15,16,19). The first-order chi connectivity index (χ1) is 10.1. The van der Waals surface area contributed by atoms with Crippen molar-refractivity contribution in [1.82, 2.24) is 9.55 Å². The van der Waals surface area contributed by atoms with Crippen LogP contribution in [0.15, 0.2) is 35.2 Å². The van der Waals surface area contributed by atoms with E-state index in [1.54, 1.807) is 23.0 Å². The van der Waals surface area contributed by atoms with Gasteiger partial charge in [0.1, 0.15) is 5.69 Å². The zero-order valence-electron chi connectivity index (χ0n) is 10.8. The van der Waals surface area contributed by atoms with Crippen LogP contribution in [0, 0.1) is 10.1 Å². The molecule has 3 rings (SSSR count). The zero-order chi connectivity index (χ0) is 15.0. The first-order valence-electron chi connectivity index (χ1n) is 6.33. The van der Waals surface area contributed by atoms with Crippen LogP contribution in [-0.4, -0.2) is 20.4 Å². The summed E-state index contributed by atoms with van der Waals surface area (Å²) in [4.78, 5) is 26.7. The molecule has 7 nitrogen and oxygen atoms in total. The van der Waals surface area contributed by atoms with Crippen LogP contribution in [0.3, 0.4) is 0 Å². The highest BCUT2D eigenvalue weighted by Crippen LogP contribution is 2.38. The summed E-state index contributed by atoms with van der Waals surface area (Å²) in [7, 11) is 0. The molecule has 8 heteroatoms. The fourth-order valence-corrected chi connectivity index (χ4v) is 2.41. The molecule has 21 heavy (non-hydrogen) atoms. The number of hydrogen-bond donors (Lipinski definition) is 1. The molecule has 2 aromatic heterocycles. The van der Waals surface area contributed by atoms with Crippen molar-refractivity contribution in [1.29, 1.82) is 0 Å². The number of carbonyl (C=O) groups is 1. The number of anilines is 1. The fourth-order valence-electron chi connectivity index (χ4n) is 2.06. The molecule has 1 saturated carbocycles. The highest BCUT2D eigenvalue weighted by Gasteiger charge is 2.30. The van der Waals surface area contributed by atoms with Crippen molar-refractivity contribution in [3.8, 4) is 0 Å². The smallest absolute Gasteiger partial charge is 0.287 e. The van der Waals surface area contributed by atoms with E-state index in [-0.39, 0.29) is 17.6 Å². The molecule has 0 radical (unpaired) electrons. The monoisotopic (exact) mass is 350 g/mol. The molecule has 0 bridgehead atoms. The Labute approximate surface area is 128 Å². The summed E-state index contributed by atoms with van der Waals surface area (Å²) < 4.78 is 2.33. The molecule has 0 atom stereocenters. The predicted molar refractivity (Wildman–Crippen MR) is 79.2 cm³/mol. The van der Waals surface area contributed by atoms with Gasteiger partial charge in [-0.1, -0.05) is 0 Å². The van der Waals surface area contributed by atoms with E-state index in [4.69, 9.17) is 0 Å². The van der Waals surface area contributed by atoms with Gasteiger partial charge in [0.15, 0.2) is 0 Å². The van der Waals surface area contributed by atoms with E-state index in [0.29, 0.717) is 15.9 Å². The van der Waals surface area contributed by atoms with Gasteiger partial charge in [0.05, 0.1) is 21.3 Å². The van der Waals surface area contributed by atoms with Gasteiger partial charge in [-0.05, 0) is 34.8 Å². The summed E-state index contributed by atoms with van der Waals surface area (Å²) in [6.45, 7) is 0. The average molecular weight is 351 g/mol. The van der Waals surface area contributed by atoms with E-state index in [1.807, 2.05) is 0 Å². The lowest BCUT2D eigenvalue weighted by molar-refractivity contribution is -0.384. The molecule has 0 spiro atoms. The molecule has 1 aliphatic rings. The number of amides is 1. The molecular weight excluding hydrogens is 340 g/mol. The van der Waals surface area contributed by atoms with E-state index in [1.165, 1.54) is 12.3 Å². The Kier molecular flexibility index (Phi) is 3.46. The van der Waals surface area contributed by atoms with Gasteiger partial charge in [-0.25, -0.2) is 0 Å². The van der Waals surface area contributed by atoms with Crippen LogP contribution >= 0.6 is 15.9 Å². The maximum atomic E-state index is 12.4. The van der Waals surface area contributed by atoms with E-state index < -0.39 is 4.92 Å². The molecule has 0 aromatic carbocycles. The molecule has 1 amide bonds. The number of pyridine rings is 1. The third-order valence-electron chi connectivity index (χ3n) is 3.24. The van der Waals surface area contributed by atoms with Gasteiger partial charge >= 0.3 is 0 Å². The van der Waals surface area contributed by atoms with Crippen molar-refractivity contribution in [2.45, 2.75) is 18.9 Å². The Balaban J connectivity index is 1.90. The fraction of sp³-hybridized carbons (Fsp3) is 0.231. The summed E-state index contributed by atoms with van der Waals surface area (Å²) in [6.07, 6.45) is 6.42. The molecule has 1 fully saturated rings. The Bertz CT molecular complexity index is 724. The number of nitrogens with one attached hydrogen (secondary N) is 1. The molecule has 0 unspecified atom stereocenters. The van der Waals surface area contributed by atoms with Gasteiger partial charge < -0.3 is 9.88 Å². The van der Waals surface area contributed by atoms with Crippen LogP contribution in [0.1, 0.15) is 29.4 Å². The maximum absolute atomic E-state index is 12.4. The van der Waals surface area contributed by atoms with Crippen LogP contribution < -0.4 is 5.32 Å². The number of nitrogens with zero attached hydrogens (tertiary/aromatic N) is 3. The Morgan fingerprint density at radius 1 is 1.52 bits per heavy atom. The van der Waals surface area contributed by atoms with Gasteiger partial charge in [-0.3, -0.25) is 19.9 Å². The third kappa shape index (κ3) is 2.80. The second kappa shape index (κ2) is 5.28. The number of nitro groups is 1. The number of rotatable bonds is 4. The van der Waals surface area contributed by atoms with Crippen molar-refractivity contribution in [2.24, 2.45) is 0 Å². The van der Waals surface area contributed by atoms with Crippen LogP contribution in [0.4, 0.5) is 11.4 Å². The topological polar surface area (TPSA) is 90.1 Å². The lowest BCUT2D eigenvalue weighted by Crippen LogP contribution is -2.16. The second-order valence-corrected chi connectivity index (χ2v) is 5.64. The minimum atomic E-state index is -0.488. The molecule has 108 valence electrons. The molecule has 2 heterocycles. The van der Waals surface area contributed by atoms with Crippen LogP contribution in [-0.2, 0) is 0 Å². The van der Waals surface area contributed by atoms with Crippen molar-refractivity contribution >= 4 is 33.2 Å². The van der Waals surface area contributed by atoms with Gasteiger partial charge in [-0.2, -0.15) is 0 Å². The predicted octanol–water partition coefficient (Wildman–Crippen LogP) is 3.14. The van der Waals surface area contributed by atoms with Crippen LogP contribution in [0.5, 0.6) is 0 Å². The number of halogens is 1. The van der Waals surface area contributed by atoms with E-state index in [0.717, 1.165) is 12.8 Å². The van der Waals surface area contributed by atoms with Crippen molar-refractivity contribution in [3.63, 3.8) is 0 Å². The SMILES string of the molecule is O=C(Nc1ccncc1Br)c1cc([N+](=O)[O-])cn1C1CC1. The number of hydrogen-bond acceptors (Lipinski definition) is 4. The third-order valence-corrected chi connectivity index (χ3v) is 3.87. The van der Waals surface area contributed by atoms with E-state index in [9.17, 15) is 14.9 Å². The van der Waals surface area contributed by atoms with Gasteiger partial charge in [0.2, 0.25) is 0 Å². The van der Waals surface area contributed by atoms with Crippen molar-refractivity contribution in [3.05, 3.63) is 51.0 Å². The van der Waals surface area contributed by atoms with Crippen molar-refractivity contribution < 1.29 is 9.72 Å². The Morgan fingerprint density at radius 3 is 2.90 bits per heavy atom.